The highest BCUT2D eigenvalue weighted by Gasteiger charge is 2.32. The number of aromatic nitrogens is 2. The summed E-state index contributed by atoms with van der Waals surface area (Å²) in [6.45, 7) is 5.49. The van der Waals surface area contributed by atoms with Gasteiger partial charge in [-0.2, -0.15) is 0 Å². The Bertz CT molecular complexity index is 765. The SMILES string of the molecule is O=CC=CN1CCN(c2nccnc2N2CC(c3ccccc3)C2)CC1. The predicted octanol–water partition coefficient (Wildman–Crippen LogP) is 1.91. The molecule has 1 aromatic carbocycles. The normalized spacial score (nSPS) is 18.2. The van der Waals surface area contributed by atoms with Gasteiger partial charge in [0.15, 0.2) is 11.6 Å². The van der Waals surface area contributed by atoms with Gasteiger partial charge in [0.05, 0.1) is 0 Å². The molecule has 0 unspecified atom stereocenters. The molecular formula is C20H23N5O. The number of piperazine rings is 1. The van der Waals surface area contributed by atoms with Crippen molar-refractivity contribution < 1.29 is 4.79 Å². The van der Waals surface area contributed by atoms with Crippen LogP contribution in [-0.2, 0) is 4.79 Å². The molecule has 0 atom stereocenters. The van der Waals surface area contributed by atoms with Gasteiger partial charge < -0.3 is 14.7 Å². The van der Waals surface area contributed by atoms with Gasteiger partial charge in [-0.3, -0.25) is 4.79 Å². The average molecular weight is 349 g/mol. The second-order valence-electron chi connectivity index (χ2n) is 6.72. The van der Waals surface area contributed by atoms with E-state index in [9.17, 15) is 4.79 Å². The Morgan fingerprint density at radius 3 is 2.19 bits per heavy atom. The lowest BCUT2D eigenvalue weighted by Crippen LogP contribution is -2.48. The van der Waals surface area contributed by atoms with Crippen LogP contribution in [0.15, 0.2) is 55.0 Å². The Balaban J connectivity index is 1.42. The van der Waals surface area contributed by atoms with Crippen LogP contribution in [-0.4, -0.2) is 60.4 Å². The van der Waals surface area contributed by atoms with E-state index in [0.29, 0.717) is 5.92 Å². The molecule has 1 aromatic heterocycles. The molecule has 0 bridgehead atoms. The Labute approximate surface area is 153 Å². The van der Waals surface area contributed by atoms with E-state index in [2.05, 4.69) is 55.0 Å². The van der Waals surface area contributed by atoms with Crippen LogP contribution in [0, 0.1) is 0 Å². The Morgan fingerprint density at radius 2 is 1.54 bits per heavy atom. The van der Waals surface area contributed by atoms with E-state index in [-0.39, 0.29) is 0 Å². The Kier molecular flexibility index (Phi) is 4.82. The predicted molar refractivity (Wildman–Crippen MR) is 102 cm³/mol. The van der Waals surface area contributed by atoms with Crippen molar-refractivity contribution in [1.29, 1.82) is 0 Å². The molecule has 2 aliphatic heterocycles. The zero-order valence-corrected chi connectivity index (χ0v) is 14.7. The molecular weight excluding hydrogens is 326 g/mol. The second-order valence-corrected chi connectivity index (χ2v) is 6.72. The van der Waals surface area contributed by atoms with Crippen molar-refractivity contribution in [2.24, 2.45) is 0 Å². The van der Waals surface area contributed by atoms with E-state index in [4.69, 9.17) is 0 Å². The number of rotatable bonds is 5. The third kappa shape index (κ3) is 3.40. The zero-order valence-electron chi connectivity index (χ0n) is 14.7. The third-order valence-corrected chi connectivity index (χ3v) is 5.10. The first-order valence-electron chi connectivity index (χ1n) is 9.07. The summed E-state index contributed by atoms with van der Waals surface area (Å²) < 4.78 is 0. The lowest BCUT2D eigenvalue weighted by molar-refractivity contribution is -0.104. The standard InChI is InChI=1S/C20H23N5O/c26-14-4-9-23-10-12-24(13-11-23)19-20(22-8-7-21-19)25-15-18(16-25)17-5-2-1-3-6-17/h1-9,14,18H,10-13,15-16H2. The van der Waals surface area contributed by atoms with Crippen LogP contribution in [0.2, 0.25) is 0 Å². The number of anilines is 2. The molecule has 0 aliphatic carbocycles. The van der Waals surface area contributed by atoms with Gasteiger partial charge in [-0.1, -0.05) is 30.3 Å². The van der Waals surface area contributed by atoms with Gasteiger partial charge in [0.25, 0.3) is 0 Å². The van der Waals surface area contributed by atoms with E-state index < -0.39 is 0 Å². The van der Waals surface area contributed by atoms with Crippen LogP contribution < -0.4 is 9.80 Å². The highest BCUT2D eigenvalue weighted by atomic mass is 16.1. The van der Waals surface area contributed by atoms with Crippen molar-refractivity contribution in [2.45, 2.75) is 5.92 Å². The lowest BCUT2D eigenvalue weighted by Gasteiger charge is -2.43. The number of allylic oxidation sites excluding steroid dienone is 1. The average Bonchev–Trinajstić information content (AvgIpc) is 2.67. The van der Waals surface area contributed by atoms with Crippen LogP contribution in [0.5, 0.6) is 0 Å². The van der Waals surface area contributed by atoms with Crippen LogP contribution in [0.25, 0.3) is 0 Å². The number of aldehydes is 1. The van der Waals surface area contributed by atoms with Gasteiger partial charge in [-0.05, 0) is 11.6 Å². The maximum absolute atomic E-state index is 10.5. The molecule has 0 saturated carbocycles. The minimum atomic E-state index is 0.566. The maximum Gasteiger partial charge on any atom is 0.172 e. The second kappa shape index (κ2) is 7.56. The Hall–Kier alpha value is -2.89. The molecule has 0 spiro atoms. The van der Waals surface area contributed by atoms with E-state index in [1.165, 1.54) is 5.56 Å². The summed E-state index contributed by atoms with van der Waals surface area (Å²) in [6, 6.07) is 10.7. The van der Waals surface area contributed by atoms with Crippen LogP contribution in [0.3, 0.4) is 0 Å². The van der Waals surface area contributed by atoms with Crippen molar-refractivity contribution in [3.8, 4) is 0 Å². The monoisotopic (exact) mass is 349 g/mol. The van der Waals surface area contributed by atoms with Crippen molar-refractivity contribution in [3.05, 3.63) is 60.6 Å². The summed E-state index contributed by atoms with van der Waals surface area (Å²) in [5.74, 6) is 2.52. The topological polar surface area (TPSA) is 52.6 Å². The van der Waals surface area contributed by atoms with E-state index >= 15 is 0 Å². The Morgan fingerprint density at radius 1 is 0.885 bits per heavy atom. The highest BCUT2D eigenvalue weighted by Crippen LogP contribution is 2.34. The zero-order chi connectivity index (χ0) is 17.8. The van der Waals surface area contributed by atoms with Crippen LogP contribution in [0.1, 0.15) is 11.5 Å². The maximum atomic E-state index is 10.5. The van der Waals surface area contributed by atoms with E-state index in [1.54, 1.807) is 18.5 Å². The molecule has 26 heavy (non-hydrogen) atoms. The summed E-state index contributed by atoms with van der Waals surface area (Å²) in [6.07, 6.45) is 7.78. The number of hydrogen-bond acceptors (Lipinski definition) is 6. The minimum absolute atomic E-state index is 0.566. The first-order chi connectivity index (χ1) is 12.8. The van der Waals surface area contributed by atoms with Gasteiger partial charge in [0.2, 0.25) is 0 Å². The van der Waals surface area contributed by atoms with Crippen molar-refractivity contribution in [1.82, 2.24) is 14.9 Å². The van der Waals surface area contributed by atoms with Crippen molar-refractivity contribution in [3.63, 3.8) is 0 Å². The van der Waals surface area contributed by atoms with Gasteiger partial charge in [-0.25, -0.2) is 9.97 Å². The number of carbonyl (C=O) groups is 1. The molecule has 6 nitrogen and oxygen atoms in total. The molecule has 2 aromatic rings. The fraction of sp³-hybridized carbons (Fsp3) is 0.350. The molecule has 3 heterocycles. The van der Waals surface area contributed by atoms with Crippen molar-refractivity contribution >= 4 is 17.9 Å². The van der Waals surface area contributed by atoms with E-state index in [1.807, 2.05) is 6.20 Å². The summed E-state index contributed by atoms with van der Waals surface area (Å²) in [7, 11) is 0. The molecule has 134 valence electrons. The van der Waals surface area contributed by atoms with Gasteiger partial charge in [-0.15, -0.1) is 0 Å². The first-order valence-corrected chi connectivity index (χ1v) is 9.07. The molecule has 0 N–H and O–H groups in total. The van der Waals surface area contributed by atoms with Crippen LogP contribution >= 0.6 is 0 Å². The fourth-order valence-electron chi connectivity index (χ4n) is 3.60. The molecule has 0 radical (unpaired) electrons. The number of nitrogens with zero attached hydrogens (tertiary/aromatic N) is 5. The molecule has 2 saturated heterocycles. The molecule has 2 aliphatic rings. The molecule has 0 amide bonds. The summed E-state index contributed by atoms with van der Waals surface area (Å²) in [4.78, 5) is 26.5. The minimum Gasteiger partial charge on any atom is -0.374 e. The number of carbonyl (C=O) groups excluding carboxylic acids is 1. The van der Waals surface area contributed by atoms with E-state index in [0.717, 1.165) is 57.2 Å². The quantitative estimate of drug-likeness (QED) is 0.607. The summed E-state index contributed by atoms with van der Waals surface area (Å²) in [5.41, 5.74) is 1.39. The summed E-state index contributed by atoms with van der Waals surface area (Å²) in [5, 5.41) is 0. The highest BCUT2D eigenvalue weighted by molar-refractivity contribution is 5.65. The van der Waals surface area contributed by atoms with Gasteiger partial charge in [0.1, 0.15) is 6.29 Å². The largest absolute Gasteiger partial charge is 0.374 e. The number of benzene rings is 1. The third-order valence-electron chi connectivity index (χ3n) is 5.10. The summed E-state index contributed by atoms with van der Waals surface area (Å²) >= 11 is 0. The fourth-order valence-corrected chi connectivity index (χ4v) is 3.60. The lowest BCUT2D eigenvalue weighted by atomic mass is 9.91. The first kappa shape index (κ1) is 16.6. The smallest absolute Gasteiger partial charge is 0.172 e. The molecule has 6 heteroatoms. The van der Waals surface area contributed by atoms with Gasteiger partial charge in [0, 0.05) is 63.8 Å². The van der Waals surface area contributed by atoms with Gasteiger partial charge >= 0.3 is 0 Å². The number of hydrogen-bond donors (Lipinski definition) is 0. The van der Waals surface area contributed by atoms with Crippen LogP contribution in [0.4, 0.5) is 11.6 Å². The van der Waals surface area contributed by atoms with Crippen molar-refractivity contribution in [2.75, 3.05) is 49.1 Å². The molecule has 4 rings (SSSR count). The molecule has 2 fully saturated rings.